The third-order valence-electron chi connectivity index (χ3n) is 3.23. The van der Waals surface area contributed by atoms with Gasteiger partial charge >= 0.3 is 0 Å². The summed E-state index contributed by atoms with van der Waals surface area (Å²) in [6, 6.07) is 16.7. The predicted octanol–water partition coefficient (Wildman–Crippen LogP) is 4.11. The normalized spacial score (nSPS) is 10.5. The van der Waals surface area contributed by atoms with Crippen LogP contribution in [0.1, 0.15) is 16.8 Å². The third kappa shape index (κ3) is 4.45. The first kappa shape index (κ1) is 16.3. The van der Waals surface area contributed by atoms with E-state index in [1.54, 1.807) is 24.3 Å². The van der Waals surface area contributed by atoms with Gasteiger partial charge in [-0.15, -0.1) is 10.2 Å². The van der Waals surface area contributed by atoms with E-state index in [-0.39, 0.29) is 0 Å². The molecule has 0 atom stereocenters. The van der Waals surface area contributed by atoms with Crippen molar-refractivity contribution in [2.75, 3.05) is 12.4 Å². The standard InChI is InChI=1S/C18H16N2O3S/c21-13-14-7-9-16(10-8-14)22-11-4-12-24-18-20-19-17(23-18)15-5-2-1-3-6-15/h1-3,5-10,13H,4,11-12H2. The third-order valence-corrected chi connectivity index (χ3v) is 4.13. The summed E-state index contributed by atoms with van der Waals surface area (Å²) < 4.78 is 11.2. The maximum atomic E-state index is 10.6. The molecule has 1 aromatic heterocycles. The summed E-state index contributed by atoms with van der Waals surface area (Å²) in [5, 5.41) is 8.65. The van der Waals surface area contributed by atoms with E-state index in [1.807, 2.05) is 30.3 Å². The maximum absolute atomic E-state index is 10.6. The van der Waals surface area contributed by atoms with Gasteiger partial charge in [0.25, 0.3) is 5.22 Å². The number of aldehydes is 1. The second-order valence-corrected chi connectivity index (χ2v) is 6.02. The molecule has 3 aromatic rings. The van der Waals surface area contributed by atoms with Crippen LogP contribution in [-0.2, 0) is 0 Å². The van der Waals surface area contributed by atoms with Gasteiger partial charge in [0.05, 0.1) is 6.61 Å². The zero-order valence-electron chi connectivity index (χ0n) is 12.9. The monoisotopic (exact) mass is 340 g/mol. The molecule has 24 heavy (non-hydrogen) atoms. The van der Waals surface area contributed by atoms with E-state index in [4.69, 9.17) is 9.15 Å². The van der Waals surface area contributed by atoms with Crippen LogP contribution in [0.4, 0.5) is 0 Å². The van der Waals surface area contributed by atoms with E-state index in [2.05, 4.69) is 10.2 Å². The largest absolute Gasteiger partial charge is 0.494 e. The molecule has 3 rings (SSSR count). The Labute approximate surface area is 144 Å². The molecule has 1 heterocycles. The van der Waals surface area contributed by atoms with Gasteiger partial charge in [-0.3, -0.25) is 4.79 Å². The SMILES string of the molecule is O=Cc1ccc(OCCCSc2nnc(-c3ccccc3)o2)cc1. The van der Waals surface area contributed by atoms with Crippen LogP contribution in [0.25, 0.3) is 11.5 Å². The van der Waals surface area contributed by atoms with E-state index in [9.17, 15) is 4.79 Å². The molecule has 0 aliphatic rings. The molecule has 122 valence electrons. The number of hydrogen-bond acceptors (Lipinski definition) is 6. The van der Waals surface area contributed by atoms with Crippen LogP contribution in [-0.4, -0.2) is 28.8 Å². The van der Waals surface area contributed by atoms with Crippen LogP contribution in [0, 0.1) is 0 Å². The first-order valence-electron chi connectivity index (χ1n) is 7.55. The summed E-state index contributed by atoms with van der Waals surface area (Å²) in [5.41, 5.74) is 1.56. The molecule has 2 aromatic carbocycles. The van der Waals surface area contributed by atoms with Gasteiger partial charge in [-0.2, -0.15) is 0 Å². The number of ether oxygens (including phenoxy) is 1. The molecular weight excluding hydrogens is 324 g/mol. The second kappa shape index (κ2) is 8.31. The lowest BCUT2D eigenvalue weighted by Crippen LogP contribution is -1.98. The van der Waals surface area contributed by atoms with Crippen molar-refractivity contribution in [1.29, 1.82) is 0 Å². The van der Waals surface area contributed by atoms with Crippen LogP contribution in [0.15, 0.2) is 64.2 Å². The Kier molecular flexibility index (Phi) is 5.63. The first-order chi connectivity index (χ1) is 11.8. The molecule has 0 spiro atoms. The number of benzene rings is 2. The average molecular weight is 340 g/mol. The van der Waals surface area contributed by atoms with E-state index in [0.29, 0.717) is 23.3 Å². The molecule has 0 saturated heterocycles. The van der Waals surface area contributed by atoms with Gasteiger partial charge in [-0.1, -0.05) is 30.0 Å². The van der Waals surface area contributed by atoms with Gasteiger partial charge in [0.15, 0.2) is 0 Å². The van der Waals surface area contributed by atoms with E-state index in [1.165, 1.54) is 11.8 Å². The maximum Gasteiger partial charge on any atom is 0.276 e. The highest BCUT2D eigenvalue weighted by Crippen LogP contribution is 2.23. The highest BCUT2D eigenvalue weighted by atomic mass is 32.2. The number of rotatable bonds is 8. The Morgan fingerprint density at radius 1 is 1.04 bits per heavy atom. The van der Waals surface area contributed by atoms with E-state index >= 15 is 0 Å². The lowest BCUT2D eigenvalue weighted by Gasteiger charge is -2.05. The van der Waals surface area contributed by atoms with Crippen molar-refractivity contribution >= 4 is 18.0 Å². The molecule has 0 saturated carbocycles. The van der Waals surface area contributed by atoms with Crippen LogP contribution >= 0.6 is 11.8 Å². The molecule has 0 amide bonds. The summed E-state index contributed by atoms with van der Waals surface area (Å²) in [7, 11) is 0. The van der Waals surface area contributed by atoms with Crippen molar-refractivity contribution in [3.8, 4) is 17.2 Å². The highest BCUT2D eigenvalue weighted by molar-refractivity contribution is 7.99. The Balaban J connectivity index is 1.40. The van der Waals surface area contributed by atoms with Crippen molar-refractivity contribution in [3.05, 3.63) is 60.2 Å². The Morgan fingerprint density at radius 3 is 2.58 bits per heavy atom. The Hall–Kier alpha value is -2.60. The Morgan fingerprint density at radius 2 is 1.83 bits per heavy atom. The molecule has 6 heteroatoms. The molecule has 0 radical (unpaired) electrons. The molecule has 0 fully saturated rings. The minimum absolute atomic E-state index is 0.532. The zero-order chi connectivity index (χ0) is 16.6. The number of aromatic nitrogens is 2. The highest BCUT2D eigenvalue weighted by Gasteiger charge is 2.08. The molecule has 0 aliphatic carbocycles. The summed E-state index contributed by atoms with van der Waals surface area (Å²) in [4.78, 5) is 10.6. The van der Waals surface area contributed by atoms with Crippen LogP contribution in [0.3, 0.4) is 0 Å². The minimum Gasteiger partial charge on any atom is -0.494 e. The van der Waals surface area contributed by atoms with Crippen molar-refractivity contribution < 1.29 is 13.9 Å². The van der Waals surface area contributed by atoms with Crippen molar-refractivity contribution in [1.82, 2.24) is 10.2 Å². The van der Waals surface area contributed by atoms with Gasteiger partial charge < -0.3 is 9.15 Å². The minimum atomic E-state index is 0.532. The van der Waals surface area contributed by atoms with Crippen LogP contribution in [0.2, 0.25) is 0 Å². The quantitative estimate of drug-likeness (QED) is 0.349. The predicted molar refractivity (Wildman–Crippen MR) is 92.4 cm³/mol. The summed E-state index contributed by atoms with van der Waals surface area (Å²) in [5.74, 6) is 2.11. The summed E-state index contributed by atoms with van der Waals surface area (Å²) in [6.07, 6.45) is 1.66. The van der Waals surface area contributed by atoms with E-state index in [0.717, 1.165) is 29.8 Å². The number of hydrogen-bond donors (Lipinski definition) is 0. The van der Waals surface area contributed by atoms with Gasteiger partial charge in [0.2, 0.25) is 5.89 Å². The number of carbonyl (C=O) groups is 1. The molecular formula is C18H16N2O3S. The lowest BCUT2D eigenvalue weighted by molar-refractivity contribution is 0.112. The fraction of sp³-hybridized carbons (Fsp3) is 0.167. The van der Waals surface area contributed by atoms with Gasteiger partial charge in [0.1, 0.15) is 12.0 Å². The fourth-order valence-corrected chi connectivity index (χ4v) is 2.69. The summed E-state index contributed by atoms with van der Waals surface area (Å²) >= 11 is 1.51. The van der Waals surface area contributed by atoms with Crippen LogP contribution < -0.4 is 4.74 Å². The van der Waals surface area contributed by atoms with Crippen molar-refractivity contribution in [2.24, 2.45) is 0 Å². The molecule has 0 aliphatic heterocycles. The number of carbonyl (C=O) groups excluding carboxylic acids is 1. The number of nitrogens with zero attached hydrogens (tertiary/aromatic N) is 2. The van der Waals surface area contributed by atoms with Crippen molar-refractivity contribution in [2.45, 2.75) is 11.6 Å². The first-order valence-corrected chi connectivity index (χ1v) is 8.53. The lowest BCUT2D eigenvalue weighted by atomic mass is 10.2. The zero-order valence-corrected chi connectivity index (χ0v) is 13.7. The fourth-order valence-electron chi connectivity index (χ4n) is 2.02. The molecule has 0 bridgehead atoms. The molecule has 0 N–H and O–H groups in total. The molecule has 5 nitrogen and oxygen atoms in total. The summed E-state index contributed by atoms with van der Waals surface area (Å²) in [6.45, 7) is 0.590. The van der Waals surface area contributed by atoms with Gasteiger partial charge in [0, 0.05) is 16.9 Å². The van der Waals surface area contributed by atoms with Gasteiger partial charge in [-0.05, 0) is 42.8 Å². The van der Waals surface area contributed by atoms with Gasteiger partial charge in [-0.25, -0.2) is 0 Å². The number of thioether (sulfide) groups is 1. The topological polar surface area (TPSA) is 65.2 Å². The smallest absolute Gasteiger partial charge is 0.276 e. The van der Waals surface area contributed by atoms with E-state index < -0.39 is 0 Å². The molecule has 0 unspecified atom stereocenters. The second-order valence-electron chi connectivity index (χ2n) is 4.98. The van der Waals surface area contributed by atoms with Crippen molar-refractivity contribution in [3.63, 3.8) is 0 Å². The average Bonchev–Trinajstić information content (AvgIpc) is 3.12. The Bertz CT molecular complexity index is 772. The van der Waals surface area contributed by atoms with Crippen LogP contribution in [0.5, 0.6) is 5.75 Å².